The van der Waals surface area contributed by atoms with Crippen molar-refractivity contribution in [2.45, 2.75) is 92.9 Å². The molecule has 0 amide bonds. The molecule has 0 saturated heterocycles. The molecule has 0 atom stereocenters. The van der Waals surface area contributed by atoms with Gasteiger partial charge in [0.1, 0.15) is 0 Å². The first-order valence-corrected chi connectivity index (χ1v) is 31.3. The summed E-state index contributed by atoms with van der Waals surface area (Å²) < 4.78 is 11.9. The molecule has 66 heavy (non-hydrogen) atoms. The van der Waals surface area contributed by atoms with E-state index in [0.717, 1.165) is 0 Å². The lowest BCUT2D eigenvalue weighted by atomic mass is 9.87. The van der Waals surface area contributed by atoms with Crippen molar-refractivity contribution in [1.29, 1.82) is 0 Å². The first-order valence-electron chi connectivity index (χ1n) is 22.7. The highest BCUT2D eigenvalue weighted by Gasteiger charge is 2.21. The van der Waals surface area contributed by atoms with Crippen LogP contribution in [0.25, 0.3) is 0 Å². The van der Waals surface area contributed by atoms with Crippen molar-refractivity contribution in [1.82, 2.24) is 0 Å². The maximum atomic E-state index is 2.31. The molecule has 8 aromatic rings. The molecule has 0 radical (unpaired) electrons. The zero-order chi connectivity index (χ0) is 47.5. The number of halogens is 4. The summed E-state index contributed by atoms with van der Waals surface area (Å²) in [5.74, 6) is 0.627. The number of aryl methyl sites for hydroxylation is 3. The van der Waals surface area contributed by atoms with Crippen LogP contribution in [0, 0.1) is 49.3 Å². The normalized spacial score (nSPS) is 11.0. The molecule has 0 bridgehead atoms. The molecule has 0 aromatic heterocycles. The van der Waals surface area contributed by atoms with Gasteiger partial charge in [0.2, 0.25) is 0 Å². The molecule has 0 aliphatic rings. The third-order valence-electron chi connectivity index (χ3n) is 10.3. The summed E-state index contributed by atoms with van der Waals surface area (Å²) in [7, 11) is 0. The number of benzene rings is 8. The van der Waals surface area contributed by atoms with Crippen molar-refractivity contribution < 1.29 is 84.8 Å². The number of rotatable bonds is 9. The van der Waals surface area contributed by atoms with Crippen LogP contribution in [0.3, 0.4) is 0 Å². The average Bonchev–Trinajstić information content (AvgIpc) is 3.30. The van der Waals surface area contributed by atoms with Gasteiger partial charge in [-0.15, -0.1) is 0 Å². The van der Waals surface area contributed by atoms with Gasteiger partial charge in [0.15, 0.2) is 28.6 Å². The van der Waals surface area contributed by atoms with Crippen LogP contribution in [-0.2, 0) is 10.8 Å². The van der Waals surface area contributed by atoms with Crippen LogP contribution in [0.1, 0.15) is 94.7 Å². The van der Waals surface area contributed by atoms with Gasteiger partial charge in [-0.1, -0.05) is 181 Å². The standard InChI is InChI=1S/C20H26I.C16H18I.C14H14I.C12H10I/c1-19(2,3)15-7-11-17(12-8-15)21-18-13-9-16(10-14-18)20(4,5)6;1-12(2)14-6-10-16(11-7-14)17-15-8-4-13(3)5-9-15;1-11-3-7-13(8-4-11)15-14-9-5-12(2)6-10-14;1-3-7-11(8-4-1)13-12-9-5-2-6-10-12/h7-14H,1-6H3;4-12H,1-3H3;3-10H,1-2H3;1-10H/q4*+1. The second-order valence-electron chi connectivity index (χ2n) is 18.6. The maximum Gasteiger partial charge on any atom is 0.357 e. The summed E-state index contributed by atoms with van der Waals surface area (Å²) in [6, 6.07) is 75.7. The summed E-state index contributed by atoms with van der Waals surface area (Å²) in [4.78, 5) is 0. The van der Waals surface area contributed by atoms with Gasteiger partial charge in [-0.3, -0.25) is 0 Å². The predicted octanol–water partition coefficient (Wildman–Crippen LogP) is 3.90. The van der Waals surface area contributed by atoms with Crippen LogP contribution in [0.4, 0.5) is 0 Å². The van der Waals surface area contributed by atoms with Crippen LogP contribution in [-0.4, -0.2) is 0 Å². The summed E-state index contributed by atoms with van der Waals surface area (Å²) in [6.45, 7) is 24.5. The van der Waals surface area contributed by atoms with Gasteiger partial charge in [-0.2, -0.15) is 0 Å². The Morgan fingerprint density at radius 1 is 0.273 bits per heavy atom. The van der Waals surface area contributed by atoms with Gasteiger partial charge in [0.05, 0.1) is 0 Å². The van der Waals surface area contributed by atoms with E-state index in [1.54, 1.807) is 0 Å². The first kappa shape index (κ1) is 53.6. The van der Waals surface area contributed by atoms with E-state index in [2.05, 4.69) is 282 Å². The molecular weight excluding hydrogens is 1250 g/mol. The second-order valence-corrected chi connectivity index (χ2v) is 30.7. The van der Waals surface area contributed by atoms with Crippen LogP contribution >= 0.6 is 0 Å². The lowest BCUT2D eigenvalue weighted by Crippen LogP contribution is -3.61. The SMILES string of the molecule is CC(C)(C)c1ccc([I+]c2ccc(C(C)(C)C)cc2)cc1.Cc1ccc([I+]c2ccc(C(C)C)cc2)cc1.Cc1ccc([I+]c2ccc(C)cc2)cc1.c1ccc([I+]c2ccccc2)cc1. The zero-order valence-electron chi connectivity index (χ0n) is 40.7. The minimum absolute atomic E-state index is 0.00313. The highest BCUT2D eigenvalue weighted by Crippen LogP contribution is 2.22. The monoisotopic (exact) mass is 1320 g/mol. The van der Waals surface area contributed by atoms with Crippen molar-refractivity contribution >= 4 is 0 Å². The second kappa shape index (κ2) is 27.0. The van der Waals surface area contributed by atoms with E-state index in [0.29, 0.717) is 5.92 Å². The topological polar surface area (TPSA) is 0 Å². The van der Waals surface area contributed by atoms with Crippen LogP contribution in [0.15, 0.2) is 206 Å². The van der Waals surface area contributed by atoms with Gasteiger partial charge >= 0.3 is 84.8 Å². The fourth-order valence-corrected chi connectivity index (χ4v) is 14.9. The molecule has 0 aliphatic carbocycles. The quantitative estimate of drug-likeness (QED) is 0.193. The highest BCUT2D eigenvalue weighted by atomic mass is 127. The molecule has 0 nitrogen and oxygen atoms in total. The minimum atomic E-state index is -0.0703. The fourth-order valence-electron chi connectivity index (χ4n) is 6.18. The Hall–Kier alpha value is -3.32. The van der Waals surface area contributed by atoms with Crippen molar-refractivity contribution in [2.75, 3.05) is 0 Å². The van der Waals surface area contributed by atoms with E-state index in [9.17, 15) is 0 Å². The number of hydrogen-bond acceptors (Lipinski definition) is 0. The lowest BCUT2D eigenvalue weighted by molar-refractivity contribution is -0.597. The third-order valence-corrected chi connectivity index (χ3v) is 21.1. The Kier molecular flexibility index (Phi) is 22.0. The van der Waals surface area contributed by atoms with Crippen molar-refractivity contribution in [3.05, 3.63) is 268 Å². The number of hydrogen-bond donors (Lipinski definition) is 0. The fraction of sp³-hybridized carbons (Fsp3) is 0.226. The molecule has 0 aliphatic heterocycles. The van der Waals surface area contributed by atoms with Gasteiger partial charge < -0.3 is 0 Å². The van der Waals surface area contributed by atoms with E-state index in [1.807, 2.05) is 0 Å². The summed E-state index contributed by atoms with van der Waals surface area (Å²) in [5.41, 5.74) is 8.76. The van der Waals surface area contributed by atoms with E-state index in [4.69, 9.17) is 0 Å². The van der Waals surface area contributed by atoms with Crippen molar-refractivity contribution in [3.8, 4) is 0 Å². The first-order chi connectivity index (χ1) is 31.5. The molecule has 4 heteroatoms. The molecule has 8 aromatic carbocycles. The average molecular weight is 1320 g/mol. The Morgan fingerprint density at radius 2 is 0.485 bits per heavy atom. The molecule has 0 spiro atoms. The van der Waals surface area contributed by atoms with Crippen LogP contribution in [0.5, 0.6) is 0 Å². The zero-order valence-corrected chi connectivity index (χ0v) is 49.3. The Morgan fingerprint density at radius 3 is 0.712 bits per heavy atom. The third kappa shape index (κ3) is 19.7. The summed E-state index contributed by atoms with van der Waals surface area (Å²) in [5, 5.41) is 0. The minimum Gasteiger partial charge on any atom is -0.0619 e. The van der Waals surface area contributed by atoms with Crippen molar-refractivity contribution in [3.63, 3.8) is 0 Å². The van der Waals surface area contributed by atoms with Gasteiger partial charge in [-0.25, -0.2) is 0 Å². The predicted molar refractivity (Wildman–Crippen MR) is 267 cm³/mol. The molecule has 0 heterocycles. The summed E-state index contributed by atoms with van der Waals surface area (Å²) in [6.07, 6.45) is 0. The van der Waals surface area contributed by atoms with E-state index >= 15 is 0 Å². The molecular formula is C62H68I4+4. The Balaban J connectivity index is 0.000000167. The van der Waals surface area contributed by atoms with Gasteiger partial charge in [-0.05, 0) is 151 Å². The largest absolute Gasteiger partial charge is 0.357 e. The van der Waals surface area contributed by atoms with Crippen LogP contribution < -0.4 is 84.8 Å². The van der Waals surface area contributed by atoms with Gasteiger partial charge in [0.25, 0.3) is 0 Å². The molecule has 0 saturated carbocycles. The smallest absolute Gasteiger partial charge is 0.0619 e. The molecule has 340 valence electrons. The lowest BCUT2D eigenvalue weighted by Gasteiger charge is -2.18. The van der Waals surface area contributed by atoms with Gasteiger partial charge in [0, 0.05) is 0 Å². The van der Waals surface area contributed by atoms with Crippen molar-refractivity contribution in [2.24, 2.45) is 0 Å². The molecule has 0 N–H and O–H groups in total. The Labute approximate surface area is 441 Å². The maximum absolute atomic E-state index is 2.31. The van der Waals surface area contributed by atoms with E-state index < -0.39 is 0 Å². The molecule has 0 unspecified atom stereocenters. The molecule has 8 rings (SSSR count). The summed E-state index contributed by atoms with van der Waals surface area (Å²) >= 11 is -0.0552. The van der Waals surface area contributed by atoms with E-state index in [1.165, 1.54) is 61.9 Å². The highest BCUT2D eigenvalue weighted by molar-refractivity contribution is 5.24. The van der Waals surface area contributed by atoms with Crippen LogP contribution in [0.2, 0.25) is 0 Å². The Bertz CT molecular complexity index is 2430. The van der Waals surface area contributed by atoms with E-state index in [-0.39, 0.29) is 95.7 Å². The molecule has 0 fully saturated rings.